The van der Waals surface area contributed by atoms with E-state index >= 15 is 0 Å². The molecule has 1 heterocycles. The maximum Gasteiger partial charge on any atom is 0.260 e. The second-order valence-electron chi connectivity index (χ2n) is 5.72. The summed E-state index contributed by atoms with van der Waals surface area (Å²) in [6.07, 6.45) is -0.566. The van der Waals surface area contributed by atoms with Crippen LogP contribution in [-0.4, -0.2) is 44.7 Å². The van der Waals surface area contributed by atoms with Gasteiger partial charge in [0, 0.05) is 6.54 Å². The van der Waals surface area contributed by atoms with Crippen molar-refractivity contribution in [3.05, 3.63) is 46.7 Å². The maximum absolute atomic E-state index is 12.3. The SMILES string of the molecule is COc1ccc(O[C@H](C)C(=O)NC[C@H](c2ccsc2)N(C)C)cc1. The van der Waals surface area contributed by atoms with Gasteiger partial charge in [-0.15, -0.1) is 0 Å². The molecule has 1 aromatic carbocycles. The number of nitrogens with one attached hydrogen (secondary N) is 1. The molecule has 1 N–H and O–H groups in total. The molecule has 0 aliphatic carbocycles. The molecule has 2 aromatic rings. The van der Waals surface area contributed by atoms with E-state index in [0.29, 0.717) is 12.3 Å². The summed E-state index contributed by atoms with van der Waals surface area (Å²) >= 11 is 1.66. The fraction of sp³-hybridized carbons (Fsp3) is 0.389. The Kier molecular flexibility index (Phi) is 6.63. The second kappa shape index (κ2) is 8.70. The van der Waals surface area contributed by atoms with Gasteiger partial charge in [-0.3, -0.25) is 4.79 Å². The molecule has 6 heteroatoms. The van der Waals surface area contributed by atoms with Crippen LogP contribution in [0.1, 0.15) is 18.5 Å². The number of carbonyl (C=O) groups excluding carboxylic acids is 1. The van der Waals surface area contributed by atoms with Crippen LogP contribution < -0.4 is 14.8 Å². The van der Waals surface area contributed by atoms with E-state index in [1.54, 1.807) is 49.6 Å². The molecule has 2 rings (SSSR count). The first-order chi connectivity index (χ1) is 11.5. The molecular formula is C18H24N2O3S. The summed E-state index contributed by atoms with van der Waals surface area (Å²) in [5.41, 5.74) is 1.20. The minimum Gasteiger partial charge on any atom is -0.497 e. The first kappa shape index (κ1) is 18.3. The highest BCUT2D eigenvalue weighted by Crippen LogP contribution is 2.20. The zero-order valence-electron chi connectivity index (χ0n) is 14.5. The van der Waals surface area contributed by atoms with Gasteiger partial charge in [-0.05, 0) is 67.7 Å². The molecule has 0 aliphatic heterocycles. The number of rotatable bonds is 8. The number of nitrogens with zero attached hydrogens (tertiary/aromatic N) is 1. The Morgan fingerprint density at radius 1 is 1.21 bits per heavy atom. The van der Waals surface area contributed by atoms with Gasteiger partial charge in [0.15, 0.2) is 6.10 Å². The summed E-state index contributed by atoms with van der Waals surface area (Å²) < 4.78 is 10.8. The van der Waals surface area contributed by atoms with Crippen LogP contribution in [0.2, 0.25) is 0 Å². The second-order valence-corrected chi connectivity index (χ2v) is 6.50. The highest BCUT2D eigenvalue weighted by molar-refractivity contribution is 7.07. The fourth-order valence-corrected chi connectivity index (χ4v) is 3.02. The van der Waals surface area contributed by atoms with Gasteiger partial charge in [0.2, 0.25) is 0 Å². The molecule has 0 unspecified atom stereocenters. The smallest absolute Gasteiger partial charge is 0.260 e. The van der Waals surface area contributed by atoms with Crippen molar-refractivity contribution >= 4 is 17.2 Å². The third kappa shape index (κ3) is 4.97. The molecule has 0 bridgehead atoms. The van der Waals surface area contributed by atoms with E-state index in [0.717, 1.165) is 5.75 Å². The number of carbonyl (C=O) groups is 1. The Balaban J connectivity index is 1.88. The van der Waals surface area contributed by atoms with Crippen LogP contribution in [0, 0.1) is 0 Å². The first-order valence-corrected chi connectivity index (χ1v) is 8.72. The molecule has 24 heavy (non-hydrogen) atoms. The predicted molar refractivity (Wildman–Crippen MR) is 96.8 cm³/mol. The van der Waals surface area contributed by atoms with Crippen molar-refractivity contribution in [3.63, 3.8) is 0 Å². The topological polar surface area (TPSA) is 50.8 Å². The van der Waals surface area contributed by atoms with Gasteiger partial charge in [0.1, 0.15) is 11.5 Å². The van der Waals surface area contributed by atoms with E-state index < -0.39 is 6.10 Å². The Labute approximate surface area is 147 Å². The normalized spacial score (nSPS) is 13.4. The molecule has 0 fully saturated rings. The van der Waals surface area contributed by atoms with Crippen molar-refractivity contribution in [3.8, 4) is 11.5 Å². The van der Waals surface area contributed by atoms with Crippen molar-refractivity contribution < 1.29 is 14.3 Å². The van der Waals surface area contributed by atoms with Crippen LogP contribution in [0.15, 0.2) is 41.1 Å². The number of hydrogen-bond acceptors (Lipinski definition) is 5. The van der Waals surface area contributed by atoms with Gasteiger partial charge in [0.25, 0.3) is 5.91 Å². The van der Waals surface area contributed by atoms with E-state index in [1.165, 1.54) is 5.56 Å². The number of hydrogen-bond donors (Lipinski definition) is 1. The van der Waals surface area contributed by atoms with E-state index in [9.17, 15) is 4.79 Å². The van der Waals surface area contributed by atoms with Crippen molar-refractivity contribution in [2.24, 2.45) is 0 Å². The molecule has 0 saturated carbocycles. The maximum atomic E-state index is 12.3. The number of methoxy groups -OCH3 is 1. The summed E-state index contributed by atoms with van der Waals surface area (Å²) in [6, 6.07) is 9.41. The molecule has 5 nitrogen and oxygen atoms in total. The average Bonchev–Trinajstić information content (AvgIpc) is 3.09. The van der Waals surface area contributed by atoms with Gasteiger partial charge in [-0.2, -0.15) is 11.3 Å². The Bertz CT molecular complexity index is 626. The summed E-state index contributed by atoms with van der Waals surface area (Å²) in [7, 11) is 5.62. The van der Waals surface area contributed by atoms with Crippen molar-refractivity contribution in [2.75, 3.05) is 27.7 Å². The van der Waals surface area contributed by atoms with Crippen LogP contribution in [0.25, 0.3) is 0 Å². The lowest BCUT2D eigenvalue weighted by molar-refractivity contribution is -0.127. The first-order valence-electron chi connectivity index (χ1n) is 7.78. The summed E-state index contributed by atoms with van der Waals surface area (Å²) in [5, 5.41) is 7.12. The van der Waals surface area contributed by atoms with E-state index in [-0.39, 0.29) is 11.9 Å². The number of thiophene rings is 1. The van der Waals surface area contributed by atoms with Crippen LogP contribution in [0.3, 0.4) is 0 Å². The number of ether oxygens (including phenoxy) is 2. The van der Waals surface area contributed by atoms with E-state index in [2.05, 4.69) is 21.7 Å². The minimum atomic E-state index is -0.566. The highest BCUT2D eigenvalue weighted by Gasteiger charge is 2.19. The third-order valence-corrected chi connectivity index (χ3v) is 4.46. The molecular weight excluding hydrogens is 324 g/mol. The highest BCUT2D eigenvalue weighted by atomic mass is 32.1. The molecule has 130 valence electrons. The molecule has 0 radical (unpaired) electrons. The Morgan fingerprint density at radius 2 is 1.88 bits per heavy atom. The zero-order valence-corrected chi connectivity index (χ0v) is 15.3. The van der Waals surface area contributed by atoms with Crippen molar-refractivity contribution in [2.45, 2.75) is 19.1 Å². The van der Waals surface area contributed by atoms with Gasteiger partial charge in [-0.1, -0.05) is 0 Å². The van der Waals surface area contributed by atoms with Crippen LogP contribution in [-0.2, 0) is 4.79 Å². The molecule has 0 spiro atoms. The van der Waals surface area contributed by atoms with Crippen LogP contribution in [0.4, 0.5) is 0 Å². The summed E-state index contributed by atoms with van der Waals surface area (Å²) in [5.74, 6) is 1.26. The average molecular weight is 348 g/mol. The molecule has 1 aromatic heterocycles. The van der Waals surface area contributed by atoms with E-state index in [1.807, 2.05) is 19.5 Å². The van der Waals surface area contributed by atoms with E-state index in [4.69, 9.17) is 9.47 Å². The predicted octanol–water partition coefficient (Wildman–Crippen LogP) is 2.94. The zero-order chi connectivity index (χ0) is 17.5. The lowest BCUT2D eigenvalue weighted by Crippen LogP contribution is -2.40. The Hall–Kier alpha value is -2.05. The van der Waals surface area contributed by atoms with Crippen LogP contribution in [0.5, 0.6) is 11.5 Å². The van der Waals surface area contributed by atoms with Gasteiger partial charge < -0.3 is 19.7 Å². The minimum absolute atomic E-state index is 0.132. The van der Waals surface area contributed by atoms with Crippen molar-refractivity contribution in [1.82, 2.24) is 10.2 Å². The fourth-order valence-electron chi connectivity index (χ4n) is 2.32. The largest absolute Gasteiger partial charge is 0.497 e. The van der Waals surface area contributed by atoms with Crippen LogP contribution >= 0.6 is 11.3 Å². The summed E-state index contributed by atoms with van der Waals surface area (Å²) in [4.78, 5) is 14.4. The monoisotopic (exact) mass is 348 g/mol. The lowest BCUT2D eigenvalue weighted by Gasteiger charge is -2.25. The molecule has 0 aliphatic rings. The standard InChI is InChI=1S/C18H24N2O3S/c1-13(23-16-7-5-15(22-4)6-8-16)18(21)19-11-17(20(2)3)14-9-10-24-12-14/h5-10,12-13,17H,11H2,1-4H3,(H,19,21)/t13-,17-/m1/s1. The van der Waals surface area contributed by atoms with Gasteiger partial charge in [-0.25, -0.2) is 0 Å². The number of likely N-dealkylation sites (N-methyl/N-ethyl adjacent to an activating group) is 1. The Morgan fingerprint density at radius 3 is 2.42 bits per heavy atom. The van der Waals surface area contributed by atoms with Gasteiger partial charge >= 0.3 is 0 Å². The lowest BCUT2D eigenvalue weighted by atomic mass is 10.1. The quantitative estimate of drug-likeness (QED) is 0.797. The molecule has 2 atom stereocenters. The van der Waals surface area contributed by atoms with Crippen molar-refractivity contribution in [1.29, 1.82) is 0 Å². The third-order valence-electron chi connectivity index (χ3n) is 3.76. The summed E-state index contributed by atoms with van der Waals surface area (Å²) in [6.45, 7) is 2.29. The molecule has 0 saturated heterocycles. The number of amides is 1. The van der Waals surface area contributed by atoms with Gasteiger partial charge in [0.05, 0.1) is 13.2 Å². The molecule has 1 amide bonds. The number of benzene rings is 1.